The van der Waals surface area contributed by atoms with E-state index in [1.165, 1.54) is 43.0 Å². The molecule has 0 saturated heterocycles. The molecule has 0 N–H and O–H groups in total. The van der Waals surface area contributed by atoms with Crippen molar-refractivity contribution < 1.29 is 4.12 Å². The maximum Gasteiger partial charge on any atom is 0.251 e. The molecule has 6 rings (SSSR count). The molecule has 0 aliphatic heterocycles. The van der Waals surface area contributed by atoms with Crippen LogP contribution in [0.25, 0.3) is 0 Å². The molecule has 4 aromatic carbocycles. The van der Waals surface area contributed by atoms with Crippen LogP contribution in [0, 0.1) is 0 Å². The predicted molar refractivity (Wildman–Crippen MR) is 226 cm³/mol. The van der Waals surface area contributed by atoms with Crippen LogP contribution in [-0.2, 0) is 17.0 Å². The Hall–Kier alpha value is -3.47. The van der Waals surface area contributed by atoms with E-state index in [9.17, 15) is 0 Å². The van der Waals surface area contributed by atoms with Crippen molar-refractivity contribution in [3.63, 3.8) is 0 Å². The number of benzene rings is 4. The molecular weight excluding hydrogens is 788 g/mol. The maximum atomic E-state index is 8.73. The summed E-state index contributed by atoms with van der Waals surface area (Å²) in [5, 5.41) is 4.71. The lowest BCUT2D eigenvalue weighted by atomic mass is 10.1. The summed E-state index contributed by atoms with van der Waals surface area (Å²) in [6.45, 7) is 14.4. The molecule has 3 nitrogen and oxygen atoms in total. The molecule has 0 fully saturated rings. The van der Waals surface area contributed by atoms with Crippen LogP contribution in [0.1, 0.15) is 63.8 Å². The van der Waals surface area contributed by atoms with Crippen molar-refractivity contribution in [2.45, 2.75) is 64.5 Å². The van der Waals surface area contributed by atoms with E-state index >= 15 is 0 Å². The van der Waals surface area contributed by atoms with Crippen molar-refractivity contribution >= 4 is 69.2 Å². The zero-order chi connectivity index (χ0) is 36.3. The number of halogens is 2. The first-order valence-electron chi connectivity index (χ1n) is 17.5. The quantitative estimate of drug-likeness (QED) is 0.102. The summed E-state index contributed by atoms with van der Waals surface area (Å²) in [5.74, 6) is 0. The standard InChI is InChI=1S/C44H46Br2N2OSi2/c1-43(2,3)50(37-19-9-7-10-20-37,39-23-15-13-17-35(39)29-33-25-27-41(45)47-31-33)49-51(44(4,5)6,38-21-11-8-12-22-38)40-24-16-14-18-36(40)30-34-26-28-42(46)48-32-34/h7-28,31-32H,29-30H2,1-6H3. The molecule has 2 atom stereocenters. The summed E-state index contributed by atoms with van der Waals surface area (Å²) < 4.78 is 10.4. The van der Waals surface area contributed by atoms with Crippen molar-refractivity contribution in [1.82, 2.24) is 9.97 Å². The zero-order valence-corrected chi connectivity index (χ0v) is 35.5. The van der Waals surface area contributed by atoms with Gasteiger partial charge in [0.1, 0.15) is 9.21 Å². The van der Waals surface area contributed by atoms with Crippen molar-refractivity contribution in [1.29, 1.82) is 0 Å². The van der Waals surface area contributed by atoms with E-state index in [0.29, 0.717) is 0 Å². The number of rotatable bonds is 10. The second-order valence-corrected chi connectivity index (χ2v) is 25.7. The normalized spacial score (nSPS) is 14.4. The second kappa shape index (κ2) is 15.3. The van der Waals surface area contributed by atoms with E-state index < -0.39 is 16.6 Å². The van der Waals surface area contributed by atoms with Crippen LogP contribution in [0.5, 0.6) is 0 Å². The fourth-order valence-corrected chi connectivity index (χ4v) is 21.4. The molecule has 0 aliphatic carbocycles. The van der Waals surface area contributed by atoms with E-state index in [1.54, 1.807) is 0 Å². The summed E-state index contributed by atoms with van der Waals surface area (Å²) in [4.78, 5) is 9.18. The zero-order valence-electron chi connectivity index (χ0n) is 30.3. The SMILES string of the molecule is CC(C)(C)[Si](O[Si](c1ccccc1)(c1ccccc1Cc1ccc(Br)nc1)C(C)(C)C)(c1ccccc1)c1ccccc1Cc1ccc(Br)nc1. The Labute approximate surface area is 323 Å². The summed E-state index contributed by atoms with van der Waals surface area (Å²) in [7, 11) is -6.36. The fraction of sp³-hybridized carbons (Fsp3) is 0.227. The van der Waals surface area contributed by atoms with Gasteiger partial charge in [0.2, 0.25) is 0 Å². The Bertz CT molecular complexity index is 1910. The van der Waals surface area contributed by atoms with Crippen molar-refractivity contribution in [2.24, 2.45) is 0 Å². The number of nitrogens with zero attached hydrogens (tertiary/aromatic N) is 2. The van der Waals surface area contributed by atoms with Crippen molar-refractivity contribution in [3.8, 4) is 0 Å². The molecule has 2 heterocycles. The van der Waals surface area contributed by atoms with E-state index in [2.05, 4.69) is 205 Å². The summed E-state index contributed by atoms with van der Waals surface area (Å²) in [6, 6.07) is 48.7. The molecule has 7 heteroatoms. The Morgan fingerprint density at radius 3 is 1.16 bits per heavy atom. The van der Waals surface area contributed by atoms with Gasteiger partial charge in [0.15, 0.2) is 0 Å². The number of pyridine rings is 2. The highest BCUT2D eigenvalue weighted by Crippen LogP contribution is 2.45. The minimum absolute atomic E-state index is 0.245. The van der Waals surface area contributed by atoms with E-state index in [1.807, 2.05) is 24.5 Å². The van der Waals surface area contributed by atoms with Crippen LogP contribution >= 0.6 is 31.9 Å². The Morgan fingerprint density at radius 1 is 0.471 bits per heavy atom. The van der Waals surface area contributed by atoms with Gasteiger partial charge in [-0.25, -0.2) is 9.97 Å². The molecular formula is C44H46Br2N2OSi2. The Kier molecular flexibility index (Phi) is 11.2. The van der Waals surface area contributed by atoms with Gasteiger partial charge in [-0.2, -0.15) is 0 Å². The van der Waals surface area contributed by atoms with Crippen molar-refractivity contribution in [2.75, 3.05) is 0 Å². The summed E-state index contributed by atoms with van der Waals surface area (Å²) >= 11 is 7.07. The lowest BCUT2D eigenvalue weighted by Crippen LogP contribution is -2.78. The molecule has 51 heavy (non-hydrogen) atoms. The smallest absolute Gasteiger partial charge is 0.251 e. The topological polar surface area (TPSA) is 35.0 Å². The minimum Gasteiger partial charge on any atom is -0.441 e. The number of hydrogen-bond donors (Lipinski definition) is 0. The molecule has 0 aliphatic rings. The first kappa shape index (κ1) is 37.3. The van der Waals surface area contributed by atoms with E-state index in [4.69, 9.17) is 4.12 Å². The van der Waals surface area contributed by atoms with Gasteiger partial charge in [0.05, 0.1) is 0 Å². The predicted octanol–water partition coefficient (Wildman–Crippen LogP) is 9.62. The first-order chi connectivity index (χ1) is 24.3. The molecule has 6 aromatic rings. The highest BCUT2D eigenvalue weighted by atomic mass is 79.9. The minimum atomic E-state index is -3.18. The van der Waals surface area contributed by atoms with Gasteiger partial charge in [0.25, 0.3) is 16.6 Å². The van der Waals surface area contributed by atoms with Gasteiger partial charge in [-0.05, 0) is 110 Å². The average Bonchev–Trinajstić information content (AvgIpc) is 3.11. The lowest BCUT2D eigenvalue weighted by molar-refractivity contribution is 0.474. The van der Waals surface area contributed by atoms with Crippen LogP contribution in [0.4, 0.5) is 0 Å². The van der Waals surface area contributed by atoms with Crippen molar-refractivity contribution in [3.05, 3.63) is 177 Å². The third-order valence-corrected chi connectivity index (χ3v) is 22.3. The average molecular weight is 835 g/mol. The van der Waals surface area contributed by atoms with Gasteiger partial charge in [-0.1, -0.05) is 163 Å². The summed E-state index contributed by atoms with van der Waals surface area (Å²) in [6.07, 6.45) is 5.49. The van der Waals surface area contributed by atoms with Crippen LogP contribution in [0.3, 0.4) is 0 Å². The van der Waals surface area contributed by atoms with Gasteiger partial charge in [-0.15, -0.1) is 0 Å². The monoisotopic (exact) mass is 832 g/mol. The first-order valence-corrected chi connectivity index (χ1v) is 22.9. The Morgan fingerprint density at radius 2 is 0.824 bits per heavy atom. The maximum absolute atomic E-state index is 8.73. The summed E-state index contributed by atoms with van der Waals surface area (Å²) in [5.41, 5.74) is 4.91. The molecule has 260 valence electrons. The molecule has 0 radical (unpaired) electrons. The van der Waals surface area contributed by atoms with Crippen LogP contribution in [0.15, 0.2) is 155 Å². The number of aromatic nitrogens is 2. The number of hydrogen-bond acceptors (Lipinski definition) is 3. The van der Waals surface area contributed by atoms with E-state index in [0.717, 1.165) is 22.0 Å². The van der Waals surface area contributed by atoms with Gasteiger partial charge < -0.3 is 4.12 Å². The van der Waals surface area contributed by atoms with Crippen LogP contribution in [0.2, 0.25) is 10.1 Å². The largest absolute Gasteiger partial charge is 0.441 e. The van der Waals surface area contributed by atoms with Crippen LogP contribution < -0.4 is 20.7 Å². The third kappa shape index (κ3) is 7.55. The molecule has 0 spiro atoms. The van der Waals surface area contributed by atoms with Gasteiger partial charge >= 0.3 is 0 Å². The van der Waals surface area contributed by atoms with Crippen LogP contribution in [-0.4, -0.2) is 26.6 Å². The Balaban J connectivity index is 1.69. The third-order valence-electron chi connectivity index (χ3n) is 9.94. The highest BCUT2D eigenvalue weighted by molar-refractivity contribution is 9.10. The lowest BCUT2D eigenvalue weighted by Gasteiger charge is -2.54. The van der Waals surface area contributed by atoms with E-state index in [-0.39, 0.29) is 10.1 Å². The highest BCUT2D eigenvalue weighted by Gasteiger charge is 2.61. The molecule has 0 saturated carbocycles. The second-order valence-electron chi connectivity index (χ2n) is 15.3. The molecule has 0 amide bonds. The molecule has 0 bridgehead atoms. The van der Waals surface area contributed by atoms with Gasteiger partial charge in [0, 0.05) is 12.4 Å². The van der Waals surface area contributed by atoms with Gasteiger partial charge in [-0.3, -0.25) is 0 Å². The molecule has 2 aromatic heterocycles. The molecule has 2 unspecified atom stereocenters. The fourth-order valence-electron chi connectivity index (χ4n) is 7.59.